The van der Waals surface area contributed by atoms with Crippen molar-refractivity contribution in [2.75, 3.05) is 13.1 Å². The predicted octanol–water partition coefficient (Wildman–Crippen LogP) is 0.0186. The van der Waals surface area contributed by atoms with E-state index in [0.717, 1.165) is 12.1 Å². The Labute approximate surface area is 126 Å². The van der Waals surface area contributed by atoms with Gasteiger partial charge in [-0.2, -0.15) is 0 Å². The minimum atomic E-state index is -0.700. The highest BCUT2D eigenvalue weighted by atomic mass is 16.3. The Morgan fingerprint density at radius 3 is 2.05 bits per heavy atom. The standard InChI is InChI=1S/C14H18N2O6/c1-8(17)2-3-12(20)15-4-5-16-14(22)9-6-10(18)13(21)11(19)7-9/h6-7,18-19,21H,2-5H2,1H3,(H,15,20)(H,16,22). The van der Waals surface area contributed by atoms with Gasteiger partial charge in [0.05, 0.1) is 0 Å². The highest BCUT2D eigenvalue weighted by Crippen LogP contribution is 2.35. The summed E-state index contributed by atoms with van der Waals surface area (Å²) in [5.41, 5.74) is -0.0318. The maximum absolute atomic E-state index is 11.7. The van der Waals surface area contributed by atoms with Crippen LogP contribution in [0.5, 0.6) is 17.2 Å². The first-order valence-electron chi connectivity index (χ1n) is 6.60. The molecule has 1 aromatic rings. The molecule has 0 spiro atoms. The summed E-state index contributed by atoms with van der Waals surface area (Å²) in [6, 6.07) is 2.02. The second kappa shape index (κ2) is 7.87. The zero-order valence-electron chi connectivity index (χ0n) is 12.0. The minimum absolute atomic E-state index is 0.0318. The van der Waals surface area contributed by atoms with Gasteiger partial charge in [-0.25, -0.2) is 0 Å². The molecule has 5 N–H and O–H groups in total. The third kappa shape index (κ3) is 5.31. The van der Waals surface area contributed by atoms with E-state index in [9.17, 15) is 29.7 Å². The molecule has 0 unspecified atom stereocenters. The molecule has 120 valence electrons. The van der Waals surface area contributed by atoms with Crippen molar-refractivity contribution in [3.05, 3.63) is 17.7 Å². The average molecular weight is 310 g/mol. The molecule has 0 atom stereocenters. The number of carbonyl (C=O) groups excluding carboxylic acids is 3. The summed E-state index contributed by atoms with van der Waals surface area (Å²) in [5, 5.41) is 32.8. The van der Waals surface area contributed by atoms with Crippen molar-refractivity contribution in [3.63, 3.8) is 0 Å². The maximum Gasteiger partial charge on any atom is 0.251 e. The van der Waals surface area contributed by atoms with Crippen molar-refractivity contribution < 1.29 is 29.7 Å². The van der Waals surface area contributed by atoms with E-state index in [2.05, 4.69) is 10.6 Å². The van der Waals surface area contributed by atoms with Gasteiger partial charge in [0.15, 0.2) is 17.2 Å². The van der Waals surface area contributed by atoms with E-state index in [0.29, 0.717) is 0 Å². The zero-order chi connectivity index (χ0) is 16.7. The first kappa shape index (κ1) is 17.3. The number of rotatable bonds is 7. The molecule has 0 aliphatic rings. The van der Waals surface area contributed by atoms with Gasteiger partial charge in [-0.05, 0) is 19.1 Å². The lowest BCUT2D eigenvalue weighted by molar-refractivity contribution is -0.124. The number of hydrogen-bond acceptors (Lipinski definition) is 6. The van der Waals surface area contributed by atoms with Crippen molar-refractivity contribution in [2.24, 2.45) is 0 Å². The summed E-state index contributed by atoms with van der Waals surface area (Å²) in [7, 11) is 0. The van der Waals surface area contributed by atoms with Crippen molar-refractivity contribution in [1.82, 2.24) is 10.6 Å². The van der Waals surface area contributed by atoms with Gasteiger partial charge in [0.25, 0.3) is 5.91 Å². The molecule has 0 saturated carbocycles. The van der Waals surface area contributed by atoms with Crippen LogP contribution in [0, 0.1) is 0 Å². The van der Waals surface area contributed by atoms with E-state index >= 15 is 0 Å². The van der Waals surface area contributed by atoms with Gasteiger partial charge in [-0.1, -0.05) is 0 Å². The second-order valence-corrected chi connectivity index (χ2v) is 4.67. The van der Waals surface area contributed by atoms with Gasteiger partial charge in [0.2, 0.25) is 5.91 Å². The molecule has 1 rings (SSSR count). The fourth-order valence-electron chi connectivity index (χ4n) is 1.59. The summed E-state index contributed by atoms with van der Waals surface area (Å²) in [6.07, 6.45) is 0.271. The van der Waals surface area contributed by atoms with Crippen LogP contribution in [0.2, 0.25) is 0 Å². The van der Waals surface area contributed by atoms with Crippen LogP contribution in [0.1, 0.15) is 30.1 Å². The molecule has 0 heterocycles. The Balaban J connectivity index is 2.38. The van der Waals surface area contributed by atoms with Gasteiger partial charge >= 0.3 is 0 Å². The molecule has 0 aromatic heterocycles. The molecular formula is C14H18N2O6. The summed E-state index contributed by atoms with van der Waals surface area (Å²) in [6.45, 7) is 1.71. The molecule has 0 aliphatic carbocycles. The number of benzene rings is 1. The van der Waals surface area contributed by atoms with Crippen molar-refractivity contribution in [2.45, 2.75) is 19.8 Å². The van der Waals surface area contributed by atoms with Crippen LogP contribution in [-0.4, -0.2) is 46.0 Å². The summed E-state index contributed by atoms with van der Waals surface area (Å²) >= 11 is 0. The fourth-order valence-corrected chi connectivity index (χ4v) is 1.59. The molecule has 0 saturated heterocycles. The number of ketones is 1. The number of carbonyl (C=O) groups is 3. The summed E-state index contributed by atoms with van der Waals surface area (Å²) < 4.78 is 0. The molecule has 22 heavy (non-hydrogen) atoms. The molecule has 0 radical (unpaired) electrons. The number of nitrogens with one attached hydrogen (secondary N) is 2. The molecular weight excluding hydrogens is 292 g/mol. The largest absolute Gasteiger partial charge is 0.504 e. The number of Topliss-reactive ketones (excluding diaryl/α,β-unsaturated/α-hetero) is 1. The highest BCUT2D eigenvalue weighted by Gasteiger charge is 2.13. The van der Waals surface area contributed by atoms with Gasteiger partial charge in [0.1, 0.15) is 5.78 Å². The van der Waals surface area contributed by atoms with Crippen molar-refractivity contribution in [1.29, 1.82) is 0 Å². The van der Waals surface area contributed by atoms with Gasteiger partial charge in [0, 0.05) is 31.5 Å². The Morgan fingerprint density at radius 2 is 1.50 bits per heavy atom. The van der Waals surface area contributed by atoms with Crippen LogP contribution in [0.4, 0.5) is 0 Å². The van der Waals surface area contributed by atoms with Crippen LogP contribution >= 0.6 is 0 Å². The van der Waals surface area contributed by atoms with Crippen LogP contribution in [-0.2, 0) is 9.59 Å². The van der Waals surface area contributed by atoms with Crippen molar-refractivity contribution >= 4 is 17.6 Å². The summed E-state index contributed by atoms with van der Waals surface area (Å²) in [4.78, 5) is 33.8. The van der Waals surface area contributed by atoms with E-state index in [1.54, 1.807) is 0 Å². The third-order valence-corrected chi connectivity index (χ3v) is 2.77. The monoisotopic (exact) mass is 310 g/mol. The Hall–Kier alpha value is -2.77. The minimum Gasteiger partial charge on any atom is -0.504 e. The van der Waals surface area contributed by atoms with E-state index in [-0.39, 0.29) is 43.2 Å². The third-order valence-electron chi connectivity index (χ3n) is 2.77. The molecule has 8 nitrogen and oxygen atoms in total. The topological polar surface area (TPSA) is 136 Å². The number of phenols is 3. The first-order chi connectivity index (χ1) is 10.3. The molecule has 8 heteroatoms. The van der Waals surface area contributed by atoms with E-state index in [1.807, 2.05) is 0 Å². The van der Waals surface area contributed by atoms with E-state index in [4.69, 9.17) is 0 Å². The van der Waals surface area contributed by atoms with Gasteiger partial charge in [-0.15, -0.1) is 0 Å². The van der Waals surface area contributed by atoms with Crippen LogP contribution in [0.25, 0.3) is 0 Å². The molecule has 0 bridgehead atoms. The normalized spacial score (nSPS) is 10.0. The van der Waals surface area contributed by atoms with E-state index in [1.165, 1.54) is 6.92 Å². The lowest BCUT2D eigenvalue weighted by atomic mass is 10.1. The number of amides is 2. The lowest BCUT2D eigenvalue weighted by Gasteiger charge is -2.08. The van der Waals surface area contributed by atoms with Crippen LogP contribution < -0.4 is 10.6 Å². The summed E-state index contributed by atoms with van der Waals surface area (Å²) in [5.74, 6) is -2.86. The maximum atomic E-state index is 11.7. The molecule has 0 aliphatic heterocycles. The fraction of sp³-hybridized carbons (Fsp3) is 0.357. The van der Waals surface area contributed by atoms with Gasteiger partial charge in [-0.3, -0.25) is 9.59 Å². The first-order valence-corrected chi connectivity index (χ1v) is 6.60. The van der Waals surface area contributed by atoms with Crippen molar-refractivity contribution in [3.8, 4) is 17.2 Å². The van der Waals surface area contributed by atoms with E-state index < -0.39 is 23.2 Å². The predicted molar refractivity (Wildman–Crippen MR) is 76.7 cm³/mol. The van der Waals surface area contributed by atoms with Gasteiger partial charge < -0.3 is 30.7 Å². The van der Waals surface area contributed by atoms with Crippen LogP contribution in [0.15, 0.2) is 12.1 Å². The highest BCUT2D eigenvalue weighted by molar-refractivity contribution is 5.95. The number of aromatic hydroxyl groups is 3. The number of phenolic OH excluding ortho intramolecular Hbond substituents is 3. The molecule has 2 amide bonds. The molecule has 1 aromatic carbocycles. The number of hydrogen-bond donors (Lipinski definition) is 5. The second-order valence-electron chi connectivity index (χ2n) is 4.67. The zero-order valence-corrected chi connectivity index (χ0v) is 12.0. The van der Waals surface area contributed by atoms with Crippen LogP contribution in [0.3, 0.4) is 0 Å². The quantitative estimate of drug-likeness (QED) is 0.356. The lowest BCUT2D eigenvalue weighted by Crippen LogP contribution is -2.34. The Morgan fingerprint density at radius 1 is 0.955 bits per heavy atom. The smallest absolute Gasteiger partial charge is 0.251 e. The average Bonchev–Trinajstić information content (AvgIpc) is 2.46. The Kier molecular flexibility index (Phi) is 6.18. The SMILES string of the molecule is CC(=O)CCC(=O)NCCNC(=O)c1cc(O)c(O)c(O)c1. The molecule has 0 fully saturated rings. The Bertz CT molecular complexity index is 562.